The van der Waals surface area contributed by atoms with Crippen LogP contribution in [0.5, 0.6) is 0 Å². The molecule has 1 aromatic heterocycles. The van der Waals surface area contributed by atoms with E-state index >= 15 is 0 Å². The number of nitriles is 1. The Labute approximate surface area is 133 Å². The number of halogens is 1. The zero-order valence-electron chi connectivity index (χ0n) is 10.6. The quantitative estimate of drug-likeness (QED) is 0.844. The van der Waals surface area contributed by atoms with Crippen LogP contribution < -0.4 is 5.32 Å². The number of esters is 1. The Morgan fingerprint density at radius 1 is 1.33 bits per heavy atom. The van der Waals surface area contributed by atoms with Crippen LogP contribution in [-0.4, -0.2) is 18.5 Å². The number of nitrogens with zero attached hydrogens (tertiary/aromatic N) is 1. The van der Waals surface area contributed by atoms with E-state index in [1.54, 1.807) is 30.3 Å². The van der Waals surface area contributed by atoms with Crippen LogP contribution >= 0.6 is 27.3 Å². The van der Waals surface area contributed by atoms with E-state index in [0.717, 1.165) is 3.79 Å². The highest BCUT2D eigenvalue weighted by Gasteiger charge is 2.12. The summed E-state index contributed by atoms with van der Waals surface area (Å²) in [4.78, 5) is 23.8. The minimum absolute atomic E-state index is 0.384. The second-order valence-corrected chi connectivity index (χ2v) is 6.38. The highest BCUT2D eigenvalue weighted by molar-refractivity contribution is 9.11. The molecule has 0 bridgehead atoms. The molecule has 21 heavy (non-hydrogen) atoms. The van der Waals surface area contributed by atoms with Crippen molar-refractivity contribution in [3.63, 3.8) is 0 Å². The molecule has 1 amide bonds. The van der Waals surface area contributed by atoms with Crippen LogP contribution in [0.2, 0.25) is 0 Å². The third kappa shape index (κ3) is 4.41. The fourth-order valence-electron chi connectivity index (χ4n) is 1.49. The normalized spacial score (nSPS) is 9.71. The van der Waals surface area contributed by atoms with Gasteiger partial charge in [0.25, 0.3) is 5.91 Å². The second kappa shape index (κ2) is 7.02. The first-order valence-electron chi connectivity index (χ1n) is 5.81. The molecule has 2 aromatic rings. The van der Waals surface area contributed by atoms with Crippen LogP contribution in [0.1, 0.15) is 15.2 Å². The number of amides is 1. The first kappa shape index (κ1) is 15.2. The summed E-state index contributed by atoms with van der Waals surface area (Å²) >= 11 is 4.47. The second-order valence-electron chi connectivity index (χ2n) is 3.92. The van der Waals surface area contributed by atoms with Gasteiger partial charge in [-0.25, -0.2) is 4.79 Å². The van der Waals surface area contributed by atoms with Crippen molar-refractivity contribution in [1.29, 1.82) is 5.26 Å². The molecule has 1 heterocycles. The number of thiophene rings is 1. The van der Waals surface area contributed by atoms with Gasteiger partial charge in [-0.2, -0.15) is 5.26 Å². The molecule has 0 atom stereocenters. The minimum atomic E-state index is -0.549. The van der Waals surface area contributed by atoms with E-state index in [4.69, 9.17) is 10.00 Å². The summed E-state index contributed by atoms with van der Waals surface area (Å²) in [5.74, 6) is -1.01. The van der Waals surface area contributed by atoms with Crippen molar-refractivity contribution in [3.8, 4) is 6.07 Å². The molecule has 1 aromatic carbocycles. The number of ether oxygens (including phenoxy) is 1. The average Bonchev–Trinajstić information content (AvgIpc) is 2.91. The molecule has 0 aliphatic rings. The first-order chi connectivity index (χ1) is 10.1. The SMILES string of the molecule is N#Cc1cccc(NC(=O)COC(=O)c2ccc(Br)s2)c1. The molecule has 2 rings (SSSR count). The lowest BCUT2D eigenvalue weighted by Crippen LogP contribution is -2.20. The Morgan fingerprint density at radius 3 is 2.81 bits per heavy atom. The summed E-state index contributed by atoms with van der Waals surface area (Å²) in [6.45, 7) is -0.384. The van der Waals surface area contributed by atoms with Crippen LogP contribution in [0.15, 0.2) is 40.2 Å². The van der Waals surface area contributed by atoms with Crippen LogP contribution in [0.3, 0.4) is 0 Å². The van der Waals surface area contributed by atoms with Gasteiger partial charge >= 0.3 is 5.97 Å². The van der Waals surface area contributed by atoms with Crippen LogP contribution in [0.4, 0.5) is 5.69 Å². The smallest absolute Gasteiger partial charge is 0.348 e. The Hall–Kier alpha value is -2.17. The fourth-order valence-corrected chi connectivity index (χ4v) is 2.77. The summed E-state index contributed by atoms with van der Waals surface area (Å²) in [6, 6.07) is 11.8. The summed E-state index contributed by atoms with van der Waals surface area (Å²) in [6.07, 6.45) is 0. The molecule has 0 saturated carbocycles. The minimum Gasteiger partial charge on any atom is -0.451 e. The van der Waals surface area contributed by atoms with Crippen LogP contribution in [0.25, 0.3) is 0 Å². The monoisotopic (exact) mass is 364 g/mol. The molecule has 7 heteroatoms. The molecule has 106 valence electrons. The molecule has 0 unspecified atom stereocenters. The average molecular weight is 365 g/mol. The van der Waals surface area contributed by atoms with E-state index in [-0.39, 0.29) is 6.61 Å². The van der Waals surface area contributed by atoms with E-state index in [2.05, 4.69) is 21.2 Å². The standard InChI is InChI=1S/C14H9BrN2O3S/c15-12-5-4-11(21-12)14(19)20-8-13(18)17-10-3-1-2-9(6-10)7-16/h1-6H,8H2,(H,17,18). The van der Waals surface area contributed by atoms with Gasteiger partial charge < -0.3 is 10.1 Å². The van der Waals surface area contributed by atoms with Crippen molar-refractivity contribution in [2.75, 3.05) is 11.9 Å². The molecule has 0 spiro atoms. The molecule has 0 radical (unpaired) electrons. The fraction of sp³-hybridized carbons (Fsp3) is 0.0714. The number of hydrogen-bond donors (Lipinski definition) is 1. The topological polar surface area (TPSA) is 79.2 Å². The molecule has 5 nitrogen and oxygen atoms in total. The van der Waals surface area contributed by atoms with E-state index in [1.807, 2.05) is 6.07 Å². The number of benzene rings is 1. The molecule has 1 N–H and O–H groups in total. The van der Waals surface area contributed by atoms with Crippen molar-refractivity contribution >= 4 is 44.8 Å². The van der Waals surface area contributed by atoms with Gasteiger partial charge in [0.05, 0.1) is 15.4 Å². The Bertz CT molecular complexity index is 721. The van der Waals surface area contributed by atoms with Crippen molar-refractivity contribution in [1.82, 2.24) is 0 Å². The molecule has 0 saturated heterocycles. The number of carbonyl (C=O) groups excluding carboxylic acids is 2. The lowest BCUT2D eigenvalue weighted by molar-refractivity contribution is -0.119. The van der Waals surface area contributed by atoms with Crippen molar-refractivity contribution in [3.05, 3.63) is 50.6 Å². The summed E-state index contributed by atoms with van der Waals surface area (Å²) < 4.78 is 5.72. The molecule has 0 aliphatic heterocycles. The molecular formula is C14H9BrN2O3S. The zero-order chi connectivity index (χ0) is 15.2. The first-order valence-corrected chi connectivity index (χ1v) is 7.42. The van der Waals surface area contributed by atoms with Crippen LogP contribution in [0, 0.1) is 11.3 Å². The largest absolute Gasteiger partial charge is 0.451 e. The predicted octanol–water partition coefficient (Wildman–Crippen LogP) is 3.18. The van der Waals surface area contributed by atoms with E-state index in [0.29, 0.717) is 16.1 Å². The zero-order valence-corrected chi connectivity index (χ0v) is 13.0. The maximum Gasteiger partial charge on any atom is 0.348 e. The predicted molar refractivity (Wildman–Crippen MR) is 82.1 cm³/mol. The highest BCUT2D eigenvalue weighted by atomic mass is 79.9. The van der Waals surface area contributed by atoms with Gasteiger partial charge in [0, 0.05) is 5.69 Å². The van der Waals surface area contributed by atoms with Gasteiger partial charge in [-0.3, -0.25) is 4.79 Å². The highest BCUT2D eigenvalue weighted by Crippen LogP contribution is 2.22. The number of nitrogens with one attached hydrogen (secondary N) is 1. The molecular weight excluding hydrogens is 356 g/mol. The summed E-state index contributed by atoms with van der Waals surface area (Å²) in [7, 11) is 0. The van der Waals surface area contributed by atoms with Crippen molar-refractivity contribution < 1.29 is 14.3 Å². The van der Waals surface area contributed by atoms with Crippen molar-refractivity contribution in [2.45, 2.75) is 0 Å². The Kier molecular flexibility index (Phi) is 5.09. The van der Waals surface area contributed by atoms with Crippen molar-refractivity contribution in [2.24, 2.45) is 0 Å². The third-order valence-electron chi connectivity index (χ3n) is 2.38. The summed E-state index contributed by atoms with van der Waals surface area (Å²) in [5, 5.41) is 11.3. The van der Waals surface area contributed by atoms with Gasteiger partial charge in [-0.15, -0.1) is 11.3 Å². The van der Waals surface area contributed by atoms with E-state index in [1.165, 1.54) is 17.4 Å². The van der Waals surface area contributed by atoms with Gasteiger partial charge in [0.1, 0.15) is 4.88 Å². The number of hydrogen-bond acceptors (Lipinski definition) is 5. The molecule has 0 fully saturated rings. The molecule has 0 aliphatic carbocycles. The maximum absolute atomic E-state index is 11.7. The van der Waals surface area contributed by atoms with Gasteiger partial charge in [0.15, 0.2) is 6.61 Å². The Morgan fingerprint density at radius 2 is 2.14 bits per heavy atom. The number of rotatable bonds is 4. The van der Waals surface area contributed by atoms with Crippen LogP contribution in [-0.2, 0) is 9.53 Å². The number of anilines is 1. The van der Waals surface area contributed by atoms with Gasteiger partial charge in [-0.05, 0) is 46.3 Å². The lowest BCUT2D eigenvalue weighted by Gasteiger charge is -2.06. The van der Waals surface area contributed by atoms with E-state index in [9.17, 15) is 9.59 Å². The summed E-state index contributed by atoms with van der Waals surface area (Å²) in [5.41, 5.74) is 0.919. The van der Waals surface area contributed by atoms with Gasteiger partial charge in [0.2, 0.25) is 0 Å². The van der Waals surface area contributed by atoms with E-state index < -0.39 is 11.9 Å². The third-order valence-corrected chi connectivity index (χ3v) is 3.99. The lowest BCUT2D eigenvalue weighted by atomic mass is 10.2. The number of carbonyl (C=O) groups is 2. The Balaban J connectivity index is 1.87. The maximum atomic E-state index is 11.7. The van der Waals surface area contributed by atoms with Gasteiger partial charge in [-0.1, -0.05) is 6.07 Å².